The lowest BCUT2D eigenvalue weighted by Gasteiger charge is -2.14. The molecule has 0 spiro atoms. The SMILES string of the molecule is Cc1cc(C)n(CC(=O)NC2CCc3cc(N)ccc32)n1. The van der Waals surface area contributed by atoms with E-state index in [1.807, 2.05) is 38.1 Å². The molecule has 0 saturated carbocycles. The standard InChI is InChI=1S/C16H20N4O/c1-10-7-11(2)20(19-10)9-16(21)18-15-6-3-12-8-13(17)4-5-14(12)15/h4-5,7-8,15H,3,6,9,17H2,1-2H3,(H,18,21). The zero-order valence-electron chi connectivity index (χ0n) is 12.4. The number of rotatable bonds is 3. The number of nitrogens with two attached hydrogens (primary N) is 1. The second-order valence-electron chi connectivity index (χ2n) is 5.70. The van der Waals surface area contributed by atoms with Crippen molar-refractivity contribution in [2.75, 3.05) is 5.73 Å². The van der Waals surface area contributed by atoms with Gasteiger partial charge in [-0.05, 0) is 56.0 Å². The zero-order valence-corrected chi connectivity index (χ0v) is 12.4. The van der Waals surface area contributed by atoms with Crippen LogP contribution >= 0.6 is 0 Å². The average Bonchev–Trinajstić information content (AvgIpc) is 2.93. The first-order valence-electron chi connectivity index (χ1n) is 7.21. The summed E-state index contributed by atoms with van der Waals surface area (Å²) in [7, 11) is 0. The molecule has 1 atom stereocenters. The number of hydrogen-bond donors (Lipinski definition) is 2. The Morgan fingerprint density at radius 1 is 1.43 bits per heavy atom. The second kappa shape index (κ2) is 5.24. The summed E-state index contributed by atoms with van der Waals surface area (Å²) in [5, 5.41) is 7.42. The van der Waals surface area contributed by atoms with Crippen LogP contribution in [-0.2, 0) is 17.8 Å². The van der Waals surface area contributed by atoms with E-state index in [0.717, 1.165) is 29.9 Å². The Balaban J connectivity index is 1.68. The van der Waals surface area contributed by atoms with Gasteiger partial charge in [-0.2, -0.15) is 5.10 Å². The summed E-state index contributed by atoms with van der Waals surface area (Å²) in [5.41, 5.74) is 10.9. The average molecular weight is 284 g/mol. The molecule has 1 aliphatic rings. The van der Waals surface area contributed by atoms with E-state index in [1.54, 1.807) is 4.68 Å². The second-order valence-corrected chi connectivity index (χ2v) is 5.70. The van der Waals surface area contributed by atoms with Crippen molar-refractivity contribution in [1.82, 2.24) is 15.1 Å². The monoisotopic (exact) mass is 284 g/mol. The smallest absolute Gasteiger partial charge is 0.242 e. The molecule has 0 bridgehead atoms. The third-order valence-electron chi connectivity index (χ3n) is 3.98. The van der Waals surface area contributed by atoms with E-state index in [0.29, 0.717) is 0 Å². The summed E-state index contributed by atoms with van der Waals surface area (Å²) in [6, 6.07) is 7.98. The Labute approximate surface area is 124 Å². The fraction of sp³-hybridized carbons (Fsp3) is 0.375. The van der Waals surface area contributed by atoms with Crippen molar-refractivity contribution in [3.8, 4) is 0 Å². The van der Waals surface area contributed by atoms with Gasteiger partial charge in [-0.1, -0.05) is 6.07 Å². The number of nitrogens with one attached hydrogen (secondary N) is 1. The van der Waals surface area contributed by atoms with Crippen molar-refractivity contribution >= 4 is 11.6 Å². The van der Waals surface area contributed by atoms with Gasteiger partial charge in [0.1, 0.15) is 6.54 Å². The van der Waals surface area contributed by atoms with E-state index >= 15 is 0 Å². The Bertz CT molecular complexity index is 690. The fourth-order valence-corrected chi connectivity index (χ4v) is 3.00. The number of aromatic nitrogens is 2. The van der Waals surface area contributed by atoms with E-state index in [4.69, 9.17) is 5.73 Å². The quantitative estimate of drug-likeness (QED) is 0.845. The molecule has 0 saturated heterocycles. The Morgan fingerprint density at radius 2 is 2.24 bits per heavy atom. The minimum absolute atomic E-state index is 0.00382. The Kier molecular flexibility index (Phi) is 3.41. The van der Waals surface area contributed by atoms with Gasteiger partial charge in [0.05, 0.1) is 11.7 Å². The maximum Gasteiger partial charge on any atom is 0.242 e. The van der Waals surface area contributed by atoms with Crippen LogP contribution in [0, 0.1) is 13.8 Å². The lowest BCUT2D eigenvalue weighted by atomic mass is 10.1. The van der Waals surface area contributed by atoms with Gasteiger partial charge in [-0.25, -0.2) is 0 Å². The van der Waals surface area contributed by atoms with Crippen LogP contribution in [0.1, 0.15) is 35.0 Å². The molecular formula is C16H20N4O. The minimum Gasteiger partial charge on any atom is -0.399 e. The van der Waals surface area contributed by atoms with Crippen LogP contribution in [-0.4, -0.2) is 15.7 Å². The molecule has 5 heteroatoms. The number of fused-ring (bicyclic) bond motifs is 1. The van der Waals surface area contributed by atoms with Crippen molar-refractivity contribution in [3.05, 3.63) is 46.8 Å². The summed E-state index contributed by atoms with van der Waals surface area (Å²) >= 11 is 0. The first-order chi connectivity index (χ1) is 10.0. The number of carbonyl (C=O) groups excluding carboxylic acids is 1. The van der Waals surface area contributed by atoms with Gasteiger partial charge in [0.15, 0.2) is 0 Å². The van der Waals surface area contributed by atoms with Gasteiger partial charge in [-0.15, -0.1) is 0 Å². The van der Waals surface area contributed by atoms with Crippen molar-refractivity contribution in [3.63, 3.8) is 0 Å². The minimum atomic E-state index is -0.00382. The van der Waals surface area contributed by atoms with Gasteiger partial charge in [0.25, 0.3) is 0 Å². The Hall–Kier alpha value is -2.30. The summed E-state index contributed by atoms with van der Waals surface area (Å²) in [6.45, 7) is 4.15. The van der Waals surface area contributed by atoms with Crippen LogP contribution in [0.25, 0.3) is 0 Å². The number of nitrogens with zero attached hydrogens (tertiary/aromatic N) is 2. The number of nitrogen functional groups attached to an aromatic ring is 1. The topological polar surface area (TPSA) is 72.9 Å². The van der Waals surface area contributed by atoms with Crippen LogP contribution in [0.4, 0.5) is 5.69 Å². The molecule has 1 unspecified atom stereocenters. The highest BCUT2D eigenvalue weighted by molar-refractivity contribution is 5.76. The molecule has 1 heterocycles. The highest BCUT2D eigenvalue weighted by atomic mass is 16.2. The lowest BCUT2D eigenvalue weighted by molar-refractivity contribution is -0.122. The number of hydrogen-bond acceptors (Lipinski definition) is 3. The normalized spacial score (nSPS) is 16.8. The number of carbonyl (C=O) groups is 1. The van der Waals surface area contributed by atoms with Crippen LogP contribution in [0.3, 0.4) is 0 Å². The first kappa shape index (κ1) is 13.7. The molecule has 1 aromatic heterocycles. The van der Waals surface area contributed by atoms with E-state index in [2.05, 4.69) is 10.4 Å². The molecule has 2 aromatic rings. The molecule has 0 radical (unpaired) electrons. The van der Waals surface area contributed by atoms with E-state index in [1.165, 1.54) is 11.1 Å². The fourth-order valence-electron chi connectivity index (χ4n) is 3.00. The first-order valence-corrected chi connectivity index (χ1v) is 7.21. The van der Waals surface area contributed by atoms with Crippen molar-refractivity contribution in [1.29, 1.82) is 0 Å². The largest absolute Gasteiger partial charge is 0.399 e. The highest BCUT2D eigenvalue weighted by Crippen LogP contribution is 2.32. The molecule has 21 heavy (non-hydrogen) atoms. The molecule has 1 amide bonds. The van der Waals surface area contributed by atoms with E-state index in [9.17, 15) is 4.79 Å². The molecule has 3 N–H and O–H groups in total. The maximum atomic E-state index is 12.2. The van der Waals surface area contributed by atoms with Gasteiger partial charge < -0.3 is 11.1 Å². The van der Waals surface area contributed by atoms with Crippen molar-refractivity contribution in [2.24, 2.45) is 0 Å². The summed E-state index contributed by atoms with van der Waals surface area (Å²) in [6.07, 6.45) is 1.90. The summed E-state index contributed by atoms with van der Waals surface area (Å²) < 4.78 is 1.74. The maximum absolute atomic E-state index is 12.2. The number of anilines is 1. The Morgan fingerprint density at radius 3 is 2.95 bits per heavy atom. The molecule has 1 aromatic carbocycles. The lowest BCUT2D eigenvalue weighted by Crippen LogP contribution is -2.31. The third-order valence-corrected chi connectivity index (χ3v) is 3.98. The molecular weight excluding hydrogens is 264 g/mol. The highest BCUT2D eigenvalue weighted by Gasteiger charge is 2.24. The summed E-state index contributed by atoms with van der Waals surface area (Å²) in [5.74, 6) is -0.00382. The van der Waals surface area contributed by atoms with Crippen LogP contribution in [0.2, 0.25) is 0 Å². The molecule has 5 nitrogen and oxygen atoms in total. The van der Waals surface area contributed by atoms with Gasteiger partial charge in [0, 0.05) is 11.4 Å². The molecule has 1 aliphatic carbocycles. The van der Waals surface area contributed by atoms with Crippen LogP contribution < -0.4 is 11.1 Å². The molecule has 110 valence electrons. The van der Waals surface area contributed by atoms with E-state index < -0.39 is 0 Å². The predicted octanol–water partition coefficient (Wildman–Crippen LogP) is 1.89. The summed E-state index contributed by atoms with van der Waals surface area (Å²) in [4.78, 5) is 12.2. The van der Waals surface area contributed by atoms with Gasteiger partial charge >= 0.3 is 0 Å². The predicted molar refractivity (Wildman–Crippen MR) is 81.8 cm³/mol. The van der Waals surface area contributed by atoms with Crippen molar-refractivity contribution in [2.45, 2.75) is 39.3 Å². The number of aryl methyl sites for hydroxylation is 3. The van der Waals surface area contributed by atoms with Gasteiger partial charge in [0.2, 0.25) is 5.91 Å². The molecule has 0 fully saturated rings. The number of benzene rings is 1. The van der Waals surface area contributed by atoms with Crippen LogP contribution in [0.15, 0.2) is 24.3 Å². The van der Waals surface area contributed by atoms with E-state index in [-0.39, 0.29) is 18.5 Å². The number of amides is 1. The molecule has 0 aliphatic heterocycles. The van der Waals surface area contributed by atoms with Gasteiger partial charge in [-0.3, -0.25) is 9.48 Å². The van der Waals surface area contributed by atoms with Crippen LogP contribution in [0.5, 0.6) is 0 Å². The van der Waals surface area contributed by atoms with Crippen molar-refractivity contribution < 1.29 is 4.79 Å². The third kappa shape index (κ3) is 2.77. The zero-order chi connectivity index (χ0) is 15.0. The molecule has 3 rings (SSSR count).